The van der Waals surface area contributed by atoms with Crippen LogP contribution in [0.4, 0.5) is 19.0 Å². The summed E-state index contributed by atoms with van der Waals surface area (Å²) in [4.78, 5) is 11.7. The number of nitriles is 1. The van der Waals surface area contributed by atoms with Crippen molar-refractivity contribution in [1.29, 1.82) is 5.26 Å². The number of pyridine rings is 1. The summed E-state index contributed by atoms with van der Waals surface area (Å²) in [6.45, 7) is 1.79. The third-order valence-corrected chi connectivity index (χ3v) is 3.86. The first-order valence-electron chi connectivity index (χ1n) is 8.00. The van der Waals surface area contributed by atoms with Gasteiger partial charge in [0.25, 0.3) is 0 Å². The van der Waals surface area contributed by atoms with E-state index in [-0.39, 0.29) is 17.7 Å². The predicted octanol–water partition coefficient (Wildman–Crippen LogP) is 4.60. The van der Waals surface area contributed by atoms with Crippen molar-refractivity contribution in [2.45, 2.75) is 19.1 Å². The SMILES string of the molecule is CC(Nc1cc(C(F)(F)F)nc(-c2ccncc2)n1)c1ccc(C#N)cc1. The molecule has 3 aromatic rings. The van der Waals surface area contributed by atoms with Crippen LogP contribution in [0.15, 0.2) is 54.9 Å². The molecule has 0 spiro atoms. The summed E-state index contributed by atoms with van der Waals surface area (Å²) in [5.74, 6) is 0.0164. The summed E-state index contributed by atoms with van der Waals surface area (Å²) >= 11 is 0. The molecule has 136 valence electrons. The van der Waals surface area contributed by atoms with Crippen molar-refractivity contribution in [1.82, 2.24) is 15.0 Å². The highest BCUT2D eigenvalue weighted by Crippen LogP contribution is 2.31. The van der Waals surface area contributed by atoms with Crippen LogP contribution in [0.25, 0.3) is 11.4 Å². The number of anilines is 1. The van der Waals surface area contributed by atoms with E-state index in [1.54, 1.807) is 43.3 Å². The maximum atomic E-state index is 13.2. The molecule has 2 aromatic heterocycles. The van der Waals surface area contributed by atoms with Crippen LogP contribution in [0.3, 0.4) is 0 Å². The number of alkyl halides is 3. The largest absolute Gasteiger partial charge is 0.433 e. The number of benzene rings is 1. The van der Waals surface area contributed by atoms with Crippen molar-refractivity contribution in [2.24, 2.45) is 0 Å². The van der Waals surface area contributed by atoms with E-state index >= 15 is 0 Å². The maximum absolute atomic E-state index is 13.2. The van der Waals surface area contributed by atoms with Crippen molar-refractivity contribution in [3.05, 3.63) is 71.7 Å². The molecule has 1 atom stereocenters. The van der Waals surface area contributed by atoms with Gasteiger partial charge < -0.3 is 5.32 Å². The lowest BCUT2D eigenvalue weighted by Gasteiger charge is -2.17. The van der Waals surface area contributed by atoms with Crippen molar-refractivity contribution in [3.8, 4) is 17.5 Å². The molecule has 1 N–H and O–H groups in total. The predicted molar refractivity (Wildman–Crippen MR) is 93.5 cm³/mol. The molecule has 0 aliphatic heterocycles. The average molecular weight is 369 g/mol. The van der Waals surface area contributed by atoms with E-state index in [1.165, 1.54) is 12.4 Å². The summed E-state index contributed by atoms with van der Waals surface area (Å²) < 4.78 is 39.7. The quantitative estimate of drug-likeness (QED) is 0.727. The van der Waals surface area contributed by atoms with E-state index in [9.17, 15) is 13.2 Å². The Hall–Kier alpha value is -3.47. The van der Waals surface area contributed by atoms with Crippen LogP contribution in [-0.2, 0) is 6.18 Å². The second-order valence-electron chi connectivity index (χ2n) is 5.80. The summed E-state index contributed by atoms with van der Waals surface area (Å²) in [6.07, 6.45) is -1.67. The third-order valence-electron chi connectivity index (χ3n) is 3.86. The molecule has 2 heterocycles. The highest BCUT2D eigenvalue weighted by molar-refractivity contribution is 5.57. The summed E-state index contributed by atoms with van der Waals surface area (Å²) in [5.41, 5.74) is 0.725. The Labute approximate surface area is 153 Å². The molecule has 1 unspecified atom stereocenters. The Morgan fingerprint density at radius 3 is 2.30 bits per heavy atom. The third kappa shape index (κ3) is 4.39. The van der Waals surface area contributed by atoms with Crippen LogP contribution in [0.1, 0.15) is 29.8 Å². The minimum absolute atomic E-state index is 0.0400. The maximum Gasteiger partial charge on any atom is 0.433 e. The Morgan fingerprint density at radius 1 is 1.04 bits per heavy atom. The van der Waals surface area contributed by atoms with E-state index in [0.717, 1.165) is 11.6 Å². The molecule has 0 aliphatic carbocycles. The van der Waals surface area contributed by atoms with Crippen LogP contribution in [0.5, 0.6) is 0 Å². The first-order valence-corrected chi connectivity index (χ1v) is 8.00. The Morgan fingerprint density at radius 2 is 1.70 bits per heavy atom. The highest BCUT2D eigenvalue weighted by Gasteiger charge is 2.34. The van der Waals surface area contributed by atoms with Crippen molar-refractivity contribution >= 4 is 5.82 Å². The molecule has 0 radical (unpaired) electrons. The minimum Gasteiger partial charge on any atom is -0.363 e. The minimum atomic E-state index is -4.60. The molecule has 0 aliphatic rings. The van der Waals surface area contributed by atoms with Crippen molar-refractivity contribution in [3.63, 3.8) is 0 Å². The molecule has 5 nitrogen and oxygen atoms in total. The molecule has 1 aromatic carbocycles. The topological polar surface area (TPSA) is 74.5 Å². The Balaban J connectivity index is 1.95. The standard InChI is InChI=1S/C19H14F3N5/c1-12(14-4-2-13(11-23)3-5-14)25-17-10-16(19(20,21)22)26-18(27-17)15-6-8-24-9-7-15/h2-10,12H,1H3,(H,25,26,27). The van der Waals surface area contributed by atoms with Gasteiger partial charge in [0.1, 0.15) is 5.82 Å². The fourth-order valence-electron chi connectivity index (χ4n) is 2.45. The molecular weight excluding hydrogens is 355 g/mol. The normalized spacial score (nSPS) is 12.3. The number of nitrogens with zero attached hydrogens (tertiary/aromatic N) is 4. The van der Waals surface area contributed by atoms with Crippen LogP contribution in [0, 0.1) is 11.3 Å². The van der Waals surface area contributed by atoms with E-state index < -0.39 is 11.9 Å². The van der Waals surface area contributed by atoms with Crippen molar-refractivity contribution < 1.29 is 13.2 Å². The number of halogens is 3. The molecule has 27 heavy (non-hydrogen) atoms. The van der Waals surface area contributed by atoms with Gasteiger partial charge in [-0.05, 0) is 36.8 Å². The van der Waals surface area contributed by atoms with Gasteiger partial charge in [-0.3, -0.25) is 4.98 Å². The van der Waals surface area contributed by atoms with Gasteiger partial charge in [-0.2, -0.15) is 18.4 Å². The van der Waals surface area contributed by atoms with E-state index in [2.05, 4.69) is 20.3 Å². The monoisotopic (exact) mass is 369 g/mol. The molecule has 0 bridgehead atoms. The Bertz CT molecular complexity index is 963. The number of nitrogens with one attached hydrogen (secondary N) is 1. The zero-order valence-corrected chi connectivity index (χ0v) is 14.2. The zero-order chi connectivity index (χ0) is 19.4. The molecule has 0 saturated heterocycles. The average Bonchev–Trinajstić information content (AvgIpc) is 2.68. The fourth-order valence-corrected chi connectivity index (χ4v) is 2.45. The second-order valence-corrected chi connectivity index (χ2v) is 5.80. The molecule has 0 amide bonds. The number of aromatic nitrogens is 3. The van der Waals surface area contributed by atoms with E-state index in [0.29, 0.717) is 11.1 Å². The van der Waals surface area contributed by atoms with E-state index in [1.807, 2.05) is 6.07 Å². The lowest BCUT2D eigenvalue weighted by atomic mass is 10.1. The van der Waals surface area contributed by atoms with Crippen molar-refractivity contribution in [2.75, 3.05) is 5.32 Å². The lowest BCUT2D eigenvalue weighted by molar-refractivity contribution is -0.141. The van der Waals surface area contributed by atoms with Gasteiger partial charge in [0.15, 0.2) is 11.5 Å². The smallest absolute Gasteiger partial charge is 0.363 e. The number of hydrogen-bond donors (Lipinski definition) is 1. The van der Waals surface area contributed by atoms with E-state index in [4.69, 9.17) is 5.26 Å². The van der Waals surface area contributed by atoms with Crippen LogP contribution in [0.2, 0.25) is 0 Å². The first-order chi connectivity index (χ1) is 12.9. The second kappa shape index (κ2) is 7.41. The molecule has 0 fully saturated rings. The Kier molecular flexibility index (Phi) is 5.03. The van der Waals surface area contributed by atoms with Crippen LogP contribution >= 0.6 is 0 Å². The molecule has 3 rings (SSSR count). The molecule has 8 heteroatoms. The zero-order valence-electron chi connectivity index (χ0n) is 14.2. The first kappa shape index (κ1) is 18.3. The van der Waals surface area contributed by atoms with Gasteiger partial charge in [-0.25, -0.2) is 9.97 Å². The van der Waals surface area contributed by atoms with Gasteiger partial charge >= 0.3 is 6.18 Å². The van der Waals surface area contributed by atoms with Gasteiger partial charge in [-0.15, -0.1) is 0 Å². The van der Waals surface area contributed by atoms with Crippen LogP contribution in [-0.4, -0.2) is 15.0 Å². The molecule has 0 saturated carbocycles. The number of hydrogen-bond acceptors (Lipinski definition) is 5. The summed E-state index contributed by atoms with van der Waals surface area (Å²) in [5, 5.41) is 11.8. The fraction of sp³-hybridized carbons (Fsp3) is 0.158. The van der Waals surface area contributed by atoms with Gasteiger partial charge in [0.05, 0.1) is 11.6 Å². The summed E-state index contributed by atoms with van der Waals surface area (Å²) in [6, 6.07) is 12.5. The van der Waals surface area contributed by atoms with Gasteiger partial charge in [0.2, 0.25) is 0 Å². The lowest BCUT2D eigenvalue weighted by Crippen LogP contribution is -2.14. The van der Waals surface area contributed by atoms with Gasteiger partial charge in [0, 0.05) is 30.1 Å². The van der Waals surface area contributed by atoms with Crippen LogP contribution < -0.4 is 5.32 Å². The molecular formula is C19H14F3N5. The highest BCUT2D eigenvalue weighted by atomic mass is 19.4. The summed E-state index contributed by atoms with van der Waals surface area (Å²) in [7, 11) is 0. The number of rotatable bonds is 4. The van der Waals surface area contributed by atoms with Gasteiger partial charge in [-0.1, -0.05) is 12.1 Å².